The Bertz CT molecular complexity index is 1130. The quantitative estimate of drug-likeness (QED) is 0.621. The van der Waals surface area contributed by atoms with Crippen LogP contribution in [0.15, 0.2) is 66.2 Å². The molecule has 0 N–H and O–H groups in total. The number of rotatable bonds is 0. The molecule has 0 bridgehead atoms. The first-order valence-corrected chi connectivity index (χ1v) is 7.87. The monoisotopic (exact) mass is 294 g/mol. The largest absolute Gasteiger partial charge is 0.293 e. The summed E-state index contributed by atoms with van der Waals surface area (Å²) in [6.45, 7) is 0. The number of fused-ring (bicyclic) bond motifs is 4. The molecule has 1 heteroatoms. The normalized spacial score (nSPS) is 18.2. The summed E-state index contributed by atoms with van der Waals surface area (Å²) in [6.07, 6.45) is 6.41. The van der Waals surface area contributed by atoms with E-state index in [0.717, 1.165) is 27.3 Å². The van der Waals surface area contributed by atoms with E-state index in [1.807, 2.05) is 30.3 Å². The first-order valence-electron chi connectivity index (χ1n) is 7.87. The lowest BCUT2D eigenvalue weighted by Gasteiger charge is -2.23. The summed E-state index contributed by atoms with van der Waals surface area (Å²) in [5.41, 5.74) is 2.96. The zero-order valence-electron chi connectivity index (χ0n) is 12.5. The number of ketones is 1. The van der Waals surface area contributed by atoms with E-state index in [0.29, 0.717) is 0 Å². The van der Waals surface area contributed by atoms with Crippen LogP contribution in [0.25, 0.3) is 29.0 Å². The fraction of sp³-hybridized carbons (Fsp3) is 0.0455. The van der Waals surface area contributed by atoms with Gasteiger partial charge >= 0.3 is 0 Å². The third kappa shape index (κ3) is 1.83. The Morgan fingerprint density at radius 2 is 1.43 bits per heavy atom. The van der Waals surface area contributed by atoms with Crippen molar-refractivity contribution in [2.75, 3.05) is 0 Å². The summed E-state index contributed by atoms with van der Waals surface area (Å²) in [5.74, 6) is 0.0487. The van der Waals surface area contributed by atoms with Crippen LogP contribution in [-0.4, -0.2) is 5.78 Å². The van der Waals surface area contributed by atoms with E-state index in [-0.39, 0.29) is 11.7 Å². The van der Waals surface area contributed by atoms with Crippen molar-refractivity contribution in [1.82, 2.24) is 0 Å². The summed E-state index contributed by atoms with van der Waals surface area (Å²) < 4.78 is 0. The maximum absolute atomic E-state index is 13.0. The Balaban J connectivity index is 1.81. The predicted molar refractivity (Wildman–Crippen MR) is 94.4 cm³/mol. The van der Waals surface area contributed by atoms with E-state index in [2.05, 4.69) is 48.6 Å². The maximum Gasteiger partial charge on any atom is 0.174 e. The lowest BCUT2D eigenvalue weighted by atomic mass is 9.79. The van der Waals surface area contributed by atoms with Crippen molar-refractivity contribution in [3.63, 3.8) is 0 Å². The van der Waals surface area contributed by atoms with Crippen molar-refractivity contribution >= 4 is 34.8 Å². The topological polar surface area (TPSA) is 17.1 Å². The minimum Gasteiger partial charge on any atom is -0.293 e. The Morgan fingerprint density at radius 3 is 2.26 bits per heavy atom. The average molecular weight is 294 g/mol. The third-order valence-corrected chi connectivity index (χ3v) is 4.81. The third-order valence-electron chi connectivity index (χ3n) is 4.81. The molecule has 3 aromatic rings. The fourth-order valence-electron chi connectivity index (χ4n) is 3.64. The summed E-state index contributed by atoms with van der Waals surface area (Å²) in [7, 11) is 0. The minimum absolute atomic E-state index is 0.154. The van der Waals surface area contributed by atoms with Gasteiger partial charge in [-0.2, -0.15) is 0 Å². The molecule has 0 heterocycles. The molecule has 0 saturated heterocycles. The van der Waals surface area contributed by atoms with Crippen LogP contribution in [0.5, 0.6) is 0 Å². The number of carbonyl (C=O) groups excluding carboxylic acids is 1. The Hall–Kier alpha value is -2.93. The standard InChI is InChI=1S/C22H14O/c23-22-20-12-16-7-3-1-5-14(16)9-18(20)11-19-10-15-6-2-4-8-17(15)13-21(19)22/h1-13,20H. The van der Waals surface area contributed by atoms with Crippen molar-refractivity contribution in [3.05, 3.63) is 87.8 Å². The van der Waals surface area contributed by atoms with Gasteiger partial charge in [-0.1, -0.05) is 60.7 Å². The lowest BCUT2D eigenvalue weighted by Crippen LogP contribution is -2.33. The second-order valence-electron chi connectivity index (χ2n) is 6.21. The van der Waals surface area contributed by atoms with E-state index >= 15 is 0 Å². The molecule has 2 aliphatic rings. The van der Waals surface area contributed by atoms with Crippen LogP contribution in [0.2, 0.25) is 0 Å². The molecule has 3 aromatic carbocycles. The molecule has 23 heavy (non-hydrogen) atoms. The van der Waals surface area contributed by atoms with Gasteiger partial charge in [0, 0.05) is 5.56 Å². The van der Waals surface area contributed by atoms with Gasteiger partial charge in [-0.3, -0.25) is 4.79 Å². The van der Waals surface area contributed by atoms with Crippen molar-refractivity contribution in [1.29, 1.82) is 0 Å². The van der Waals surface area contributed by atoms with Crippen LogP contribution in [0.1, 0.15) is 15.9 Å². The van der Waals surface area contributed by atoms with Crippen LogP contribution in [0, 0.1) is 5.92 Å². The molecular weight excluding hydrogens is 280 g/mol. The zero-order chi connectivity index (χ0) is 15.4. The number of hydrogen-bond donors (Lipinski definition) is 0. The summed E-state index contributed by atoms with van der Waals surface area (Å²) in [5, 5.41) is 4.63. The molecule has 0 aromatic heterocycles. The number of hydrogen-bond acceptors (Lipinski definition) is 1. The molecule has 0 amide bonds. The zero-order valence-corrected chi connectivity index (χ0v) is 12.5. The van der Waals surface area contributed by atoms with Crippen LogP contribution >= 0.6 is 0 Å². The molecular formula is C22H14O. The van der Waals surface area contributed by atoms with Gasteiger partial charge in [0.1, 0.15) is 0 Å². The summed E-state index contributed by atoms with van der Waals surface area (Å²) in [6, 6.07) is 20.6. The molecule has 1 unspecified atom stereocenters. The second kappa shape index (κ2) is 4.53. The molecule has 0 saturated carbocycles. The molecule has 5 rings (SSSR count). The van der Waals surface area contributed by atoms with Gasteiger partial charge in [0.2, 0.25) is 0 Å². The maximum atomic E-state index is 13.0. The van der Waals surface area contributed by atoms with Crippen LogP contribution in [0.4, 0.5) is 0 Å². The number of allylic oxidation sites excluding steroid dienone is 1. The van der Waals surface area contributed by atoms with E-state index in [4.69, 9.17) is 0 Å². The molecule has 0 radical (unpaired) electrons. The van der Waals surface area contributed by atoms with Gasteiger partial charge in [0.25, 0.3) is 0 Å². The summed E-state index contributed by atoms with van der Waals surface area (Å²) in [4.78, 5) is 13.0. The van der Waals surface area contributed by atoms with Gasteiger partial charge in [-0.15, -0.1) is 0 Å². The Morgan fingerprint density at radius 1 is 0.739 bits per heavy atom. The van der Waals surface area contributed by atoms with Gasteiger partial charge < -0.3 is 0 Å². The van der Waals surface area contributed by atoms with Gasteiger partial charge in [-0.25, -0.2) is 0 Å². The summed E-state index contributed by atoms with van der Waals surface area (Å²) >= 11 is 0. The Labute approximate surface area is 133 Å². The number of Topliss-reactive ketones (excluding diaryl/α,β-unsaturated/α-hetero) is 1. The van der Waals surface area contributed by atoms with Crippen molar-refractivity contribution in [2.24, 2.45) is 5.92 Å². The highest BCUT2D eigenvalue weighted by Crippen LogP contribution is 2.33. The average Bonchev–Trinajstić information content (AvgIpc) is 2.59. The minimum atomic E-state index is -0.154. The lowest BCUT2D eigenvalue weighted by molar-refractivity contribution is 0.0967. The molecule has 1 atom stereocenters. The SMILES string of the molecule is O=C1c2cc3ccccc3cc2C=C2C=c3ccccc3=CC12. The molecule has 0 aliphatic heterocycles. The van der Waals surface area contributed by atoms with E-state index in [1.54, 1.807) is 0 Å². The second-order valence-corrected chi connectivity index (χ2v) is 6.21. The Kier molecular flexibility index (Phi) is 2.48. The van der Waals surface area contributed by atoms with Gasteiger partial charge in [-0.05, 0) is 50.6 Å². The van der Waals surface area contributed by atoms with E-state index in [1.165, 1.54) is 10.6 Å². The predicted octanol–water partition coefficient (Wildman–Crippen LogP) is 3.31. The molecule has 2 aliphatic carbocycles. The van der Waals surface area contributed by atoms with Crippen LogP contribution in [0.3, 0.4) is 0 Å². The molecule has 108 valence electrons. The van der Waals surface area contributed by atoms with Crippen molar-refractivity contribution in [3.8, 4) is 0 Å². The smallest absolute Gasteiger partial charge is 0.174 e. The van der Waals surface area contributed by atoms with E-state index in [9.17, 15) is 4.79 Å². The highest BCUT2D eigenvalue weighted by Gasteiger charge is 2.28. The van der Waals surface area contributed by atoms with Crippen molar-refractivity contribution < 1.29 is 4.79 Å². The first-order chi connectivity index (χ1) is 11.3. The van der Waals surface area contributed by atoms with Crippen LogP contribution in [-0.2, 0) is 0 Å². The van der Waals surface area contributed by atoms with Gasteiger partial charge in [0.05, 0.1) is 5.92 Å². The van der Waals surface area contributed by atoms with Gasteiger partial charge in [0.15, 0.2) is 5.78 Å². The number of benzene rings is 3. The first kappa shape index (κ1) is 12.6. The molecule has 0 spiro atoms. The van der Waals surface area contributed by atoms with Crippen molar-refractivity contribution in [2.45, 2.75) is 0 Å². The fourth-order valence-corrected chi connectivity index (χ4v) is 3.64. The highest BCUT2D eigenvalue weighted by atomic mass is 16.1. The molecule has 1 nitrogen and oxygen atoms in total. The van der Waals surface area contributed by atoms with E-state index < -0.39 is 0 Å². The van der Waals surface area contributed by atoms with Crippen LogP contribution < -0.4 is 10.4 Å². The number of carbonyl (C=O) groups is 1. The highest BCUT2D eigenvalue weighted by molar-refractivity contribution is 6.12. The molecule has 0 fully saturated rings.